The molecule has 1 saturated heterocycles. The van der Waals surface area contributed by atoms with Gasteiger partial charge in [0.25, 0.3) is 5.91 Å². The maximum atomic E-state index is 12.3. The summed E-state index contributed by atoms with van der Waals surface area (Å²) in [7, 11) is 0. The molecule has 0 saturated carbocycles. The third kappa shape index (κ3) is 7.16. The van der Waals surface area contributed by atoms with Gasteiger partial charge in [0.1, 0.15) is 0 Å². The highest BCUT2D eigenvalue weighted by Crippen LogP contribution is 2.11. The zero-order chi connectivity index (χ0) is 19.8. The third-order valence-electron chi connectivity index (χ3n) is 4.81. The molecule has 4 N–H and O–H groups in total. The van der Waals surface area contributed by atoms with Crippen LogP contribution in [-0.2, 0) is 22.5 Å². The van der Waals surface area contributed by atoms with Crippen LogP contribution in [0.5, 0.6) is 0 Å². The molecule has 0 aliphatic carbocycles. The van der Waals surface area contributed by atoms with Crippen LogP contribution in [0.3, 0.4) is 0 Å². The van der Waals surface area contributed by atoms with Crippen molar-refractivity contribution in [2.24, 2.45) is 5.73 Å². The van der Waals surface area contributed by atoms with Crippen molar-refractivity contribution < 1.29 is 14.3 Å². The van der Waals surface area contributed by atoms with Crippen LogP contribution in [-0.4, -0.2) is 37.1 Å². The van der Waals surface area contributed by atoms with E-state index in [4.69, 9.17) is 10.5 Å². The molecule has 1 unspecified atom stereocenters. The minimum Gasteiger partial charge on any atom is -0.376 e. The second kappa shape index (κ2) is 11.6. The first kappa shape index (κ1) is 22.9. The lowest BCUT2D eigenvalue weighted by molar-refractivity contribution is -0.122. The van der Waals surface area contributed by atoms with Crippen LogP contribution in [0.1, 0.15) is 34.3 Å². The molecule has 0 spiro atoms. The molecule has 1 aliphatic rings. The second-order valence-corrected chi connectivity index (χ2v) is 7.06. The van der Waals surface area contributed by atoms with E-state index in [0.717, 1.165) is 30.6 Å². The first-order valence-electron chi connectivity index (χ1n) is 9.68. The molecule has 156 valence electrons. The van der Waals surface area contributed by atoms with Gasteiger partial charge in [-0.1, -0.05) is 42.5 Å². The lowest BCUT2D eigenvalue weighted by Crippen LogP contribution is -2.41. The Morgan fingerprint density at radius 1 is 1.07 bits per heavy atom. The first-order valence-corrected chi connectivity index (χ1v) is 9.68. The van der Waals surface area contributed by atoms with Crippen molar-refractivity contribution in [1.29, 1.82) is 0 Å². The van der Waals surface area contributed by atoms with Gasteiger partial charge in [-0.2, -0.15) is 0 Å². The number of halogens is 1. The molecule has 2 aromatic rings. The Morgan fingerprint density at radius 3 is 2.55 bits per heavy atom. The normalized spacial score (nSPS) is 16.5. The number of amides is 2. The van der Waals surface area contributed by atoms with Crippen LogP contribution in [0.25, 0.3) is 0 Å². The van der Waals surface area contributed by atoms with Gasteiger partial charge in [-0.05, 0) is 42.5 Å². The highest BCUT2D eigenvalue weighted by atomic mass is 35.5. The summed E-state index contributed by atoms with van der Waals surface area (Å²) in [6.07, 6.45) is 2.62. The molecule has 1 heterocycles. The third-order valence-corrected chi connectivity index (χ3v) is 4.81. The molecule has 1 fully saturated rings. The topological polar surface area (TPSA) is 93.5 Å². The SMILES string of the molecule is Cl.N[C@@H](Cc1ccccc1)C(=O)NCc1cccc(C(=O)NCC2CCCO2)c1. The van der Waals surface area contributed by atoms with Crippen molar-refractivity contribution in [3.63, 3.8) is 0 Å². The molecule has 3 rings (SSSR count). The number of nitrogens with one attached hydrogen (secondary N) is 2. The Labute approximate surface area is 177 Å². The lowest BCUT2D eigenvalue weighted by Gasteiger charge is -2.13. The summed E-state index contributed by atoms with van der Waals surface area (Å²) in [5.41, 5.74) is 8.45. The van der Waals surface area contributed by atoms with E-state index in [1.807, 2.05) is 42.5 Å². The minimum absolute atomic E-state index is 0. The number of benzene rings is 2. The van der Waals surface area contributed by atoms with Crippen molar-refractivity contribution in [3.05, 3.63) is 71.3 Å². The van der Waals surface area contributed by atoms with Crippen molar-refractivity contribution in [3.8, 4) is 0 Å². The second-order valence-electron chi connectivity index (χ2n) is 7.06. The fourth-order valence-corrected chi connectivity index (χ4v) is 3.22. The van der Waals surface area contributed by atoms with Crippen LogP contribution >= 0.6 is 12.4 Å². The van der Waals surface area contributed by atoms with Gasteiger partial charge in [0.2, 0.25) is 5.91 Å². The number of hydrogen-bond donors (Lipinski definition) is 3. The Morgan fingerprint density at radius 2 is 1.83 bits per heavy atom. The van der Waals surface area contributed by atoms with E-state index in [1.165, 1.54) is 0 Å². The lowest BCUT2D eigenvalue weighted by atomic mass is 10.1. The molecule has 1 aliphatic heterocycles. The summed E-state index contributed by atoms with van der Waals surface area (Å²) >= 11 is 0. The zero-order valence-electron chi connectivity index (χ0n) is 16.3. The molecular weight excluding hydrogens is 390 g/mol. The summed E-state index contributed by atoms with van der Waals surface area (Å²) in [6, 6.07) is 16.3. The standard InChI is InChI=1S/C22H27N3O3.ClH/c23-20(13-16-6-2-1-3-7-16)22(27)24-14-17-8-4-9-18(12-17)21(26)25-15-19-10-5-11-28-19;/h1-4,6-9,12,19-20H,5,10-11,13-15,23H2,(H,24,27)(H,25,26);1H/t19?,20-;/m0./s1. The number of rotatable bonds is 8. The minimum atomic E-state index is -0.611. The number of ether oxygens (including phenoxy) is 1. The summed E-state index contributed by atoms with van der Waals surface area (Å²) in [5, 5.41) is 5.75. The molecule has 2 aromatic carbocycles. The van der Waals surface area contributed by atoms with Crippen molar-refractivity contribution in [2.75, 3.05) is 13.2 Å². The Kier molecular flexibility index (Phi) is 9.12. The highest BCUT2D eigenvalue weighted by molar-refractivity contribution is 5.94. The Balaban J connectivity index is 0.00000300. The molecule has 2 atom stereocenters. The van der Waals surface area contributed by atoms with Gasteiger partial charge in [0.05, 0.1) is 12.1 Å². The van der Waals surface area contributed by atoms with E-state index in [2.05, 4.69) is 10.6 Å². The monoisotopic (exact) mass is 417 g/mol. The van der Waals surface area contributed by atoms with Gasteiger partial charge in [-0.25, -0.2) is 0 Å². The predicted octanol–water partition coefficient (Wildman–Crippen LogP) is 2.20. The van der Waals surface area contributed by atoms with E-state index in [1.54, 1.807) is 12.1 Å². The molecular formula is C22H28ClN3O3. The summed E-state index contributed by atoms with van der Waals surface area (Å²) in [5.74, 6) is -0.346. The number of carbonyl (C=O) groups excluding carboxylic acids is 2. The number of carbonyl (C=O) groups is 2. The Hall–Kier alpha value is -2.41. The molecule has 29 heavy (non-hydrogen) atoms. The van der Waals surface area contributed by atoms with Gasteiger partial charge >= 0.3 is 0 Å². The highest BCUT2D eigenvalue weighted by Gasteiger charge is 2.17. The number of hydrogen-bond acceptors (Lipinski definition) is 4. The predicted molar refractivity (Wildman–Crippen MR) is 115 cm³/mol. The summed E-state index contributed by atoms with van der Waals surface area (Å²) < 4.78 is 5.52. The zero-order valence-corrected chi connectivity index (χ0v) is 17.1. The van der Waals surface area contributed by atoms with Crippen molar-refractivity contribution in [1.82, 2.24) is 10.6 Å². The van der Waals surface area contributed by atoms with Gasteiger partial charge in [0, 0.05) is 25.3 Å². The van der Waals surface area contributed by atoms with Crippen LogP contribution in [0.2, 0.25) is 0 Å². The quantitative estimate of drug-likeness (QED) is 0.613. The average molecular weight is 418 g/mol. The van der Waals surface area contributed by atoms with Crippen LogP contribution in [0, 0.1) is 0 Å². The fourth-order valence-electron chi connectivity index (χ4n) is 3.22. The van der Waals surface area contributed by atoms with Crippen LogP contribution in [0.15, 0.2) is 54.6 Å². The summed E-state index contributed by atoms with van der Waals surface area (Å²) in [4.78, 5) is 24.6. The fraction of sp³-hybridized carbons (Fsp3) is 0.364. The van der Waals surface area contributed by atoms with E-state index in [-0.39, 0.29) is 30.3 Å². The van der Waals surface area contributed by atoms with Crippen LogP contribution in [0.4, 0.5) is 0 Å². The smallest absolute Gasteiger partial charge is 0.251 e. The van der Waals surface area contributed by atoms with Gasteiger partial charge in [-0.3, -0.25) is 9.59 Å². The first-order chi connectivity index (χ1) is 13.6. The van der Waals surface area contributed by atoms with Gasteiger partial charge in [0.15, 0.2) is 0 Å². The average Bonchev–Trinajstić information content (AvgIpc) is 3.25. The van der Waals surface area contributed by atoms with E-state index < -0.39 is 6.04 Å². The summed E-state index contributed by atoms with van der Waals surface area (Å²) in [6.45, 7) is 1.62. The van der Waals surface area contributed by atoms with E-state index >= 15 is 0 Å². The van der Waals surface area contributed by atoms with Crippen LogP contribution < -0.4 is 16.4 Å². The molecule has 2 amide bonds. The molecule has 7 heteroatoms. The maximum absolute atomic E-state index is 12.3. The maximum Gasteiger partial charge on any atom is 0.251 e. The molecule has 0 bridgehead atoms. The van der Waals surface area contributed by atoms with Crippen molar-refractivity contribution in [2.45, 2.75) is 38.0 Å². The van der Waals surface area contributed by atoms with Crippen molar-refractivity contribution >= 4 is 24.2 Å². The largest absolute Gasteiger partial charge is 0.376 e. The molecule has 6 nitrogen and oxygen atoms in total. The number of nitrogens with two attached hydrogens (primary N) is 1. The molecule has 0 aromatic heterocycles. The van der Waals surface area contributed by atoms with Gasteiger partial charge < -0.3 is 21.1 Å². The van der Waals surface area contributed by atoms with E-state index in [0.29, 0.717) is 25.1 Å². The van der Waals surface area contributed by atoms with E-state index in [9.17, 15) is 9.59 Å². The van der Waals surface area contributed by atoms with Gasteiger partial charge in [-0.15, -0.1) is 12.4 Å². The molecule has 0 radical (unpaired) electrons. The Bertz CT molecular complexity index is 795.